The first-order chi connectivity index (χ1) is 10.7. The van der Waals surface area contributed by atoms with Gasteiger partial charge in [-0.05, 0) is 25.7 Å². The molecule has 0 unspecified atom stereocenters. The molecule has 4 atom stereocenters. The minimum Gasteiger partial charge on any atom is -0.388 e. The van der Waals surface area contributed by atoms with Gasteiger partial charge in [0.15, 0.2) is 0 Å². The Morgan fingerprint density at radius 3 is 2.50 bits per heavy atom. The third-order valence-corrected chi connectivity index (χ3v) is 3.92. The summed E-state index contributed by atoms with van der Waals surface area (Å²) in [6.07, 6.45) is 8.81. The monoisotopic (exact) mass is 316 g/mol. The van der Waals surface area contributed by atoms with Crippen LogP contribution in [0.25, 0.3) is 0 Å². The summed E-state index contributed by atoms with van der Waals surface area (Å²) < 4.78 is 10.8. The van der Waals surface area contributed by atoms with Crippen LogP contribution in [-0.4, -0.2) is 59.6 Å². The number of allylic oxidation sites excluding steroid dienone is 2. The van der Waals surface area contributed by atoms with Crippen molar-refractivity contribution in [2.45, 2.75) is 76.3 Å². The van der Waals surface area contributed by atoms with Crippen LogP contribution in [0.5, 0.6) is 0 Å². The number of aliphatic hydroxyl groups is 3. The number of ether oxygens (including phenoxy) is 2. The van der Waals surface area contributed by atoms with Crippen LogP contribution in [0.2, 0.25) is 0 Å². The molecule has 1 heterocycles. The van der Waals surface area contributed by atoms with Gasteiger partial charge in [0.25, 0.3) is 0 Å². The molecule has 0 amide bonds. The summed E-state index contributed by atoms with van der Waals surface area (Å²) in [5, 5.41) is 28.6. The number of hydrogen-bond acceptors (Lipinski definition) is 5. The molecule has 5 heteroatoms. The van der Waals surface area contributed by atoms with Gasteiger partial charge in [-0.1, -0.05) is 38.3 Å². The van der Waals surface area contributed by atoms with Crippen LogP contribution in [0.3, 0.4) is 0 Å². The van der Waals surface area contributed by atoms with Crippen molar-refractivity contribution in [3.05, 3.63) is 12.2 Å². The average molecular weight is 316 g/mol. The van der Waals surface area contributed by atoms with Gasteiger partial charge in [0, 0.05) is 6.61 Å². The van der Waals surface area contributed by atoms with Gasteiger partial charge in [0.1, 0.15) is 24.4 Å². The van der Waals surface area contributed by atoms with E-state index in [4.69, 9.17) is 9.47 Å². The molecular weight excluding hydrogens is 284 g/mol. The minimum atomic E-state index is -1.15. The van der Waals surface area contributed by atoms with E-state index in [1.54, 1.807) is 0 Å². The normalized spacial score (nSPS) is 29.3. The molecule has 0 saturated carbocycles. The van der Waals surface area contributed by atoms with Crippen molar-refractivity contribution >= 4 is 0 Å². The molecule has 1 rings (SSSR count). The molecule has 5 nitrogen and oxygen atoms in total. The number of hydrogen-bond donors (Lipinski definition) is 3. The Hall–Kier alpha value is -0.460. The lowest BCUT2D eigenvalue weighted by Gasteiger charge is -2.35. The Bertz CT molecular complexity index is 295. The van der Waals surface area contributed by atoms with Gasteiger partial charge in [-0.15, -0.1) is 0 Å². The van der Waals surface area contributed by atoms with Gasteiger partial charge in [0.05, 0.1) is 13.2 Å². The molecule has 1 fully saturated rings. The van der Waals surface area contributed by atoms with Crippen LogP contribution in [0.15, 0.2) is 12.2 Å². The predicted molar refractivity (Wildman–Crippen MR) is 85.7 cm³/mol. The second-order valence-corrected chi connectivity index (χ2v) is 5.96. The molecule has 130 valence electrons. The molecule has 22 heavy (non-hydrogen) atoms. The fourth-order valence-electron chi connectivity index (χ4n) is 2.44. The smallest absolute Gasteiger partial charge is 0.111 e. The summed E-state index contributed by atoms with van der Waals surface area (Å²) in [7, 11) is 0. The molecule has 0 aromatic heterocycles. The zero-order valence-corrected chi connectivity index (χ0v) is 13.7. The van der Waals surface area contributed by atoms with E-state index in [0.717, 1.165) is 19.3 Å². The summed E-state index contributed by atoms with van der Waals surface area (Å²) in [5.41, 5.74) is 0. The lowest BCUT2D eigenvalue weighted by molar-refractivity contribution is -0.199. The van der Waals surface area contributed by atoms with Crippen molar-refractivity contribution in [1.29, 1.82) is 0 Å². The van der Waals surface area contributed by atoms with Crippen LogP contribution in [-0.2, 0) is 9.47 Å². The second-order valence-electron chi connectivity index (χ2n) is 5.96. The fourth-order valence-corrected chi connectivity index (χ4v) is 2.44. The molecule has 0 bridgehead atoms. The second kappa shape index (κ2) is 12.0. The Morgan fingerprint density at radius 1 is 1.00 bits per heavy atom. The molecule has 0 aromatic rings. The maximum atomic E-state index is 9.75. The Kier molecular flexibility index (Phi) is 10.7. The summed E-state index contributed by atoms with van der Waals surface area (Å²) in [4.78, 5) is 0. The molecule has 0 aliphatic carbocycles. The van der Waals surface area contributed by atoms with E-state index in [-0.39, 0.29) is 13.2 Å². The number of rotatable bonds is 11. The summed E-state index contributed by atoms with van der Waals surface area (Å²) in [6, 6.07) is 0. The van der Waals surface area contributed by atoms with Gasteiger partial charge in [0.2, 0.25) is 0 Å². The summed E-state index contributed by atoms with van der Waals surface area (Å²) >= 11 is 0. The average Bonchev–Trinajstić information content (AvgIpc) is 2.52. The maximum Gasteiger partial charge on any atom is 0.111 e. The van der Waals surface area contributed by atoms with Crippen molar-refractivity contribution in [3.63, 3.8) is 0 Å². The summed E-state index contributed by atoms with van der Waals surface area (Å²) in [6.45, 7) is 3.12. The molecule has 1 saturated heterocycles. The van der Waals surface area contributed by atoms with Crippen molar-refractivity contribution in [2.75, 3.05) is 19.8 Å². The zero-order valence-electron chi connectivity index (χ0n) is 13.7. The molecule has 1 aliphatic heterocycles. The predicted octanol–water partition coefficient (Wildman–Crippen LogP) is 1.79. The van der Waals surface area contributed by atoms with Gasteiger partial charge in [-0.3, -0.25) is 0 Å². The zero-order chi connectivity index (χ0) is 16.2. The van der Waals surface area contributed by atoms with E-state index in [1.165, 1.54) is 25.7 Å². The van der Waals surface area contributed by atoms with Crippen molar-refractivity contribution < 1.29 is 24.8 Å². The first kappa shape index (κ1) is 19.6. The van der Waals surface area contributed by atoms with Crippen LogP contribution < -0.4 is 0 Å². The topological polar surface area (TPSA) is 79.2 Å². The quantitative estimate of drug-likeness (QED) is 0.400. The fraction of sp³-hybridized carbons (Fsp3) is 0.882. The molecule has 1 aliphatic rings. The van der Waals surface area contributed by atoms with E-state index in [9.17, 15) is 15.3 Å². The van der Waals surface area contributed by atoms with Crippen LogP contribution in [0.1, 0.15) is 51.9 Å². The van der Waals surface area contributed by atoms with Crippen molar-refractivity contribution in [1.82, 2.24) is 0 Å². The molecule has 3 N–H and O–H groups in total. The highest BCUT2D eigenvalue weighted by atomic mass is 16.6. The summed E-state index contributed by atoms with van der Waals surface area (Å²) in [5.74, 6) is 0. The largest absolute Gasteiger partial charge is 0.388 e. The van der Waals surface area contributed by atoms with Crippen LogP contribution >= 0.6 is 0 Å². The molecule has 0 spiro atoms. The first-order valence-electron chi connectivity index (χ1n) is 8.55. The minimum absolute atomic E-state index is 0.0395. The molecular formula is C17H32O5. The van der Waals surface area contributed by atoms with Crippen molar-refractivity contribution in [2.24, 2.45) is 0 Å². The maximum absolute atomic E-state index is 9.75. The van der Waals surface area contributed by atoms with E-state index in [0.29, 0.717) is 6.61 Å². The Morgan fingerprint density at radius 2 is 1.73 bits per heavy atom. The highest BCUT2D eigenvalue weighted by Gasteiger charge is 2.37. The molecule has 0 radical (unpaired) electrons. The SMILES string of the molecule is CCC/C=C/CCCCCCOC[C@H]1OC[C@H](O)[C@@H](O)[C@@H]1O. The standard InChI is InChI=1S/C17H32O5/c1-2-3-4-5-6-7-8-9-10-11-21-13-15-17(20)16(19)14(18)12-22-15/h4-5,14-20H,2-3,6-13H2,1H3/b5-4+/t14-,15+,16+,17+/m0/s1. The third kappa shape index (κ3) is 7.70. The van der Waals surface area contributed by atoms with E-state index < -0.39 is 24.4 Å². The first-order valence-corrected chi connectivity index (χ1v) is 8.55. The van der Waals surface area contributed by atoms with Crippen LogP contribution in [0.4, 0.5) is 0 Å². The van der Waals surface area contributed by atoms with Gasteiger partial charge in [-0.2, -0.15) is 0 Å². The van der Waals surface area contributed by atoms with Gasteiger partial charge < -0.3 is 24.8 Å². The Labute approximate surface area is 133 Å². The highest BCUT2D eigenvalue weighted by molar-refractivity contribution is 4.86. The van der Waals surface area contributed by atoms with E-state index >= 15 is 0 Å². The lowest BCUT2D eigenvalue weighted by atomic mass is 10.0. The van der Waals surface area contributed by atoms with E-state index in [2.05, 4.69) is 19.1 Å². The lowest BCUT2D eigenvalue weighted by Crippen LogP contribution is -2.54. The molecule has 0 aromatic carbocycles. The Balaban J connectivity index is 1.93. The highest BCUT2D eigenvalue weighted by Crippen LogP contribution is 2.16. The number of aliphatic hydroxyl groups excluding tert-OH is 3. The van der Waals surface area contributed by atoms with Gasteiger partial charge in [-0.25, -0.2) is 0 Å². The van der Waals surface area contributed by atoms with Crippen molar-refractivity contribution in [3.8, 4) is 0 Å². The van der Waals surface area contributed by atoms with Gasteiger partial charge >= 0.3 is 0 Å². The van der Waals surface area contributed by atoms with Crippen LogP contribution in [0, 0.1) is 0 Å². The third-order valence-electron chi connectivity index (χ3n) is 3.92. The van der Waals surface area contributed by atoms with E-state index in [1.807, 2.05) is 0 Å². The number of unbranched alkanes of at least 4 members (excludes halogenated alkanes) is 5.